The number of nitrogens with zero attached hydrogens (tertiary/aromatic N) is 2. The molecule has 4 rings (SSSR count). The van der Waals surface area contributed by atoms with Gasteiger partial charge in [0.2, 0.25) is 0 Å². The number of aromatic nitrogens is 2. The third-order valence-corrected chi connectivity index (χ3v) is 4.47. The van der Waals surface area contributed by atoms with Gasteiger partial charge in [0.1, 0.15) is 18.0 Å². The summed E-state index contributed by atoms with van der Waals surface area (Å²) < 4.78 is 30.1. The van der Waals surface area contributed by atoms with Crippen LogP contribution in [0.15, 0.2) is 67.0 Å². The SMILES string of the molecule is C[C@H](N)c1ccc2c(c1)ncn2-c1cccc(-c2c(F)cccc2F)c1. The third-order valence-electron chi connectivity index (χ3n) is 4.47. The van der Waals surface area contributed by atoms with Gasteiger partial charge in [0.25, 0.3) is 0 Å². The van der Waals surface area contributed by atoms with E-state index in [1.54, 1.807) is 24.5 Å². The van der Waals surface area contributed by atoms with E-state index in [1.807, 2.05) is 35.8 Å². The van der Waals surface area contributed by atoms with Gasteiger partial charge >= 0.3 is 0 Å². The summed E-state index contributed by atoms with van der Waals surface area (Å²) in [6.45, 7) is 1.92. The van der Waals surface area contributed by atoms with Crippen molar-refractivity contribution in [3.8, 4) is 16.8 Å². The lowest BCUT2D eigenvalue weighted by Crippen LogP contribution is -2.04. The summed E-state index contributed by atoms with van der Waals surface area (Å²) in [4.78, 5) is 4.43. The van der Waals surface area contributed by atoms with Crippen LogP contribution in [-0.2, 0) is 0 Å². The maximum absolute atomic E-state index is 14.1. The molecular formula is C21H17F2N3. The van der Waals surface area contributed by atoms with Gasteiger partial charge in [-0.15, -0.1) is 0 Å². The van der Waals surface area contributed by atoms with E-state index in [9.17, 15) is 8.78 Å². The first-order chi connectivity index (χ1) is 12.5. The molecule has 0 saturated heterocycles. The molecule has 2 N–H and O–H groups in total. The Morgan fingerprint density at radius 2 is 1.69 bits per heavy atom. The number of hydrogen-bond donors (Lipinski definition) is 1. The smallest absolute Gasteiger partial charge is 0.133 e. The zero-order chi connectivity index (χ0) is 18.3. The van der Waals surface area contributed by atoms with Crippen LogP contribution in [0.5, 0.6) is 0 Å². The van der Waals surface area contributed by atoms with Crippen LogP contribution in [0.4, 0.5) is 8.78 Å². The molecule has 0 aliphatic heterocycles. The van der Waals surface area contributed by atoms with Crippen molar-refractivity contribution in [2.45, 2.75) is 13.0 Å². The molecule has 0 aliphatic rings. The summed E-state index contributed by atoms with van der Waals surface area (Å²) >= 11 is 0. The van der Waals surface area contributed by atoms with Crippen LogP contribution in [0.3, 0.4) is 0 Å². The van der Waals surface area contributed by atoms with E-state index >= 15 is 0 Å². The standard InChI is InChI=1S/C21H17F2N3/c1-13(24)14-8-9-20-19(11-14)25-12-26(20)16-5-2-4-15(10-16)21-17(22)6-3-7-18(21)23/h2-13H,24H2,1H3/t13-/m0/s1. The second-order valence-corrected chi connectivity index (χ2v) is 6.30. The lowest BCUT2D eigenvalue weighted by Gasteiger charge is -2.10. The Kier molecular flexibility index (Phi) is 4.01. The first-order valence-electron chi connectivity index (χ1n) is 8.32. The van der Waals surface area contributed by atoms with Crippen LogP contribution in [0.1, 0.15) is 18.5 Å². The molecule has 0 fully saturated rings. The highest BCUT2D eigenvalue weighted by atomic mass is 19.1. The monoisotopic (exact) mass is 349 g/mol. The van der Waals surface area contributed by atoms with Crippen molar-refractivity contribution in [3.05, 3.63) is 84.2 Å². The fraction of sp³-hybridized carbons (Fsp3) is 0.0952. The summed E-state index contributed by atoms with van der Waals surface area (Å²) in [7, 11) is 0. The zero-order valence-corrected chi connectivity index (χ0v) is 14.2. The van der Waals surface area contributed by atoms with E-state index in [0.29, 0.717) is 5.56 Å². The molecule has 0 bridgehead atoms. The van der Waals surface area contributed by atoms with Crippen molar-refractivity contribution < 1.29 is 8.78 Å². The number of rotatable bonds is 3. The van der Waals surface area contributed by atoms with Crippen molar-refractivity contribution in [2.75, 3.05) is 0 Å². The molecule has 0 radical (unpaired) electrons. The number of benzene rings is 3. The zero-order valence-electron chi connectivity index (χ0n) is 14.2. The molecule has 0 aliphatic carbocycles. The fourth-order valence-electron chi connectivity index (χ4n) is 3.10. The maximum atomic E-state index is 14.1. The van der Waals surface area contributed by atoms with E-state index in [1.165, 1.54) is 18.2 Å². The Morgan fingerprint density at radius 3 is 2.42 bits per heavy atom. The van der Waals surface area contributed by atoms with Gasteiger partial charge in [0.15, 0.2) is 0 Å². The predicted molar refractivity (Wildman–Crippen MR) is 99.0 cm³/mol. The van der Waals surface area contributed by atoms with Gasteiger partial charge in [-0.05, 0) is 54.4 Å². The van der Waals surface area contributed by atoms with Gasteiger partial charge in [-0.25, -0.2) is 13.8 Å². The highest BCUT2D eigenvalue weighted by Gasteiger charge is 2.13. The van der Waals surface area contributed by atoms with Crippen molar-refractivity contribution in [2.24, 2.45) is 5.73 Å². The molecule has 0 amide bonds. The predicted octanol–water partition coefficient (Wildman–Crippen LogP) is 4.99. The van der Waals surface area contributed by atoms with Crippen LogP contribution >= 0.6 is 0 Å². The van der Waals surface area contributed by atoms with Gasteiger partial charge < -0.3 is 5.73 Å². The van der Waals surface area contributed by atoms with Gasteiger partial charge in [0, 0.05) is 11.7 Å². The van der Waals surface area contributed by atoms with Crippen LogP contribution in [-0.4, -0.2) is 9.55 Å². The topological polar surface area (TPSA) is 43.8 Å². The molecule has 3 aromatic carbocycles. The molecule has 26 heavy (non-hydrogen) atoms. The van der Waals surface area contributed by atoms with Gasteiger partial charge in [-0.1, -0.05) is 24.3 Å². The molecule has 0 unspecified atom stereocenters. The quantitative estimate of drug-likeness (QED) is 0.566. The molecule has 1 aromatic heterocycles. The number of halogens is 2. The van der Waals surface area contributed by atoms with Crippen LogP contribution in [0.25, 0.3) is 27.8 Å². The van der Waals surface area contributed by atoms with Crippen LogP contribution < -0.4 is 5.73 Å². The summed E-state index contributed by atoms with van der Waals surface area (Å²) in [5.41, 5.74) is 9.89. The summed E-state index contributed by atoms with van der Waals surface area (Å²) in [6.07, 6.45) is 1.70. The lowest BCUT2D eigenvalue weighted by molar-refractivity contribution is 0.589. The minimum absolute atomic E-state index is 0.0296. The fourth-order valence-corrected chi connectivity index (χ4v) is 3.10. The van der Waals surface area contributed by atoms with Gasteiger partial charge in [-0.2, -0.15) is 0 Å². The van der Waals surface area contributed by atoms with Crippen molar-refractivity contribution in [1.82, 2.24) is 9.55 Å². The minimum Gasteiger partial charge on any atom is -0.324 e. The lowest BCUT2D eigenvalue weighted by atomic mass is 10.0. The maximum Gasteiger partial charge on any atom is 0.133 e. The number of hydrogen-bond acceptors (Lipinski definition) is 2. The van der Waals surface area contributed by atoms with E-state index in [-0.39, 0.29) is 11.6 Å². The van der Waals surface area contributed by atoms with Gasteiger partial charge in [-0.3, -0.25) is 4.57 Å². The van der Waals surface area contributed by atoms with Crippen molar-refractivity contribution in [1.29, 1.82) is 0 Å². The Morgan fingerprint density at radius 1 is 0.962 bits per heavy atom. The largest absolute Gasteiger partial charge is 0.324 e. The minimum atomic E-state index is -0.584. The van der Waals surface area contributed by atoms with E-state index in [0.717, 1.165) is 22.3 Å². The Labute approximate surface area is 149 Å². The van der Waals surface area contributed by atoms with Crippen molar-refractivity contribution in [3.63, 3.8) is 0 Å². The second kappa shape index (κ2) is 6.35. The molecule has 0 spiro atoms. The molecule has 3 nitrogen and oxygen atoms in total. The third kappa shape index (κ3) is 2.76. The second-order valence-electron chi connectivity index (χ2n) is 6.30. The molecular weight excluding hydrogens is 332 g/mol. The Balaban J connectivity index is 1.84. The van der Waals surface area contributed by atoms with Gasteiger partial charge in [0.05, 0.1) is 16.6 Å². The van der Waals surface area contributed by atoms with E-state index in [4.69, 9.17) is 5.73 Å². The van der Waals surface area contributed by atoms with Crippen molar-refractivity contribution >= 4 is 11.0 Å². The van der Waals surface area contributed by atoms with Crippen LogP contribution in [0, 0.1) is 11.6 Å². The Bertz CT molecular complexity index is 1080. The first kappa shape index (κ1) is 16.4. The highest BCUT2D eigenvalue weighted by Crippen LogP contribution is 2.29. The molecule has 5 heteroatoms. The summed E-state index contributed by atoms with van der Waals surface area (Å²) in [5, 5.41) is 0. The van der Waals surface area contributed by atoms with E-state index < -0.39 is 11.6 Å². The summed E-state index contributed by atoms with van der Waals surface area (Å²) in [5.74, 6) is -1.17. The average Bonchev–Trinajstić information content (AvgIpc) is 3.05. The molecule has 4 aromatic rings. The summed E-state index contributed by atoms with van der Waals surface area (Å²) in [6, 6.07) is 16.8. The van der Waals surface area contributed by atoms with E-state index in [2.05, 4.69) is 4.98 Å². The molecule has 1 heterocycles. The Hall–Kier alpha value is -3.05. The molecule has 130 valence electrons. The molecule has 0 saturated carbocycles. The van der Waals surface area contributed by atoms with Crippen LogP contribution in [0.2, 0.25) is 0 Å². The normalized spacial score (nSPS) is 12.5. The number of nitrogens with two attached hydrogens (primary N) is 1. The first-order valence-corrected chi connectivity index (χ1v) is 8.32. The number of imidazole rings is 1. The molecule has 1 atom stereocenters. The average molecular weight is 349 g/mol. The number of fused-ring (bicyclic) bond motifs is 1. The highest BCUT2D eigenvalue weighted by molar-refractivity contribution is 5.79.